The van der Waals surface area contributed by atoms with Crippen LogP contribution in [-0.2, 0) is 0 Å². The second-order valence-electron chi connectivity index (χ2n) is 4.60. The molecule has 0 N–H and O–H groups in total. The van der Waals surface area contributed by atoms with E-state index in [4.69, 9.17) is 14.2 Å². The molecule has 5 heteroatoms. The van der Waals surface area contributed by atoms with E-state index in [0.717, 1.165) is 11.4 Å². The van der Waals surface area contributed by atoms with Crippen molar-refractivity contribution in [2.45, 2.75) is 0 Å². The number of hydrogen-bond donors (Lipinski definition) is 0. The van der Waals surface area contributed by atoms with Crippen molar-refractivity contribution in [3.8, 4) is 17.2 Å². The van der Waals surface area contributed by atoms with E-state index in [-0.39, 0.29) is 5.91 Å². The number of carbonyl (C=O) groups is 1. The van der Waals surface area contributed by atoms with Crippen molar-refractivity contribution in [3.63, 3.8) is 0 Å². The Balaban J connectivity index is 2.38. The molecule has 0 spiro atoms. The van der Waals surface area contributed by atoms with E-state index >= 15 is 0 Å². The first-order chi connectivity index (χ1) is 10.6. The number of methoxy groups -OCH3 is 3. The molecule has 2 rings (SSSR count). The summed E-state index contributed by atoms with van der Waals surface area (Å²) >= 11 is 0. The molecular weight excluding hydrogens is 282 g/mol. The zero-order valence-corrected chi connectivity index (χ0v) is 13.1. The topological polar surface area (TPSA) is 48.0 Å². The van der Waals surface area contributed by atoms with Gasteiger partial charge in [-0.15, -0.1) is 0 Å². The molecule has 0 heterocycles. The van der Waals surface area contributed by atoms with Gasteiger partial charge in [-0.25, -0.2) is 0 Å². The van der Waals surface area contributed by atoms with Gasteiger partial charge in [-0.1, -0.05) is 6.07 Å². The molecule has 0 aliphatic heterocycles. The number of amides is 1. The summed E-state index contributed by atoms with van der Waals surface area (Å²) in [5.74, 6) is 1.48. The number of carbonyl (C=O) groups excluding carboxylic acids is 1. The van der Waals surface area contributed by atoms with Gasteiger partial charge < -0.3 is 19.1 Å². The van der Waals surface area contributed by atoms with Crippen molar-refractivity contribution < 1.29 is 19.0 Å². The van der Waals surface area contributed by atoms with Crippen LogP contribution in [0.5, 0.6) is 17.2 Å². The fourth-order valence-corrected chi connectivity index (χ4v) is 2.15. The van der Waals surface area contributed by atoms with E-state index in [9.17, 15) is 4.79 Å². The van der Waals surface area contributed by atoms with Crippen LogP contribution in [0.1, 0.15) is 10.4 Å². The second-order valence-corrected chi connectivity index (χ2v) is 4.60. The Hall–Kier alpha value is -2.69. The average Bonchev–Trinajstić information content (AvgIpc) is 2.59. The van der Waals surface area contributed by atoms with Gasteiger partial charge in [0.15, 0.2) is 0 Å². The molecule has 1 amide bonds. The third-order valence-electron chi connectivity index (χ3n) is 3.41. The zero-order chi connectivity index (χ0) is 16.1. The quantitative estimate of drug-likeness (QED) is 0.852. The van der Waals surface area contributed by atoms with Gasteiger partial charge in [0.2, 0.25) is 0 Å². The summed E-state index contributed by atoms with van der Waals surface area (Å²) < 4.78 is 15.7. The summed E-state index contributed by atoms with van der Waals surface area (Å²) in [6.07, 6.45) is 0. The molecule has 2 aromatic carbocycles. The van der Waals surface area contributed by atoms with Gasteiger partial charge in [0.25, 0.3) is 5.91 Å². The minimum atomic E-state index is -0.209. The van der Waals surface area contributed by atoms with Crippen LogP contribution >= 0.6 is 0 Å². The highest BCUT2D eigenvalue weighted by Crippen LogP contribution is 2.31. The molecule has 0 aliphatic carbocycles. The predicted molar refractivity (Wildman–Crippen MR) is 85.3 cm³/mol. The highest BCUT2D eigenvalue weighted by Gasteiger charge is 2.22. The third kappa shape index (κ3) is 2.98. The lowest BCUT2D eigenvalue weighted by atomic mass is 10.1. The number of anilines is 1. The largest absolute Gasteiger partial charge is 0.497 e. The molecule has 5 nitrogen and oxygen atoms in total. The molecule has 2 aromatic rings. The van der Waals surface area contributed by atoms with E-state index in [2.05, 4.69) is 0 Å². The van der Waals surface area contributed by atoms with Crippen LogP contribution in [0, 0.1) is 0 Å². The molecular formula is C17H19NO4. The van der Waals surface area contributed by atoms with Crippen LogP contribution < -0.4 is 19.1 Å². The lowest BCUT2D eigenvalue weighted by molar-refractivity contribution is 0.0987. The van der Waals surface area contributed by atoms with Crippen molar-refractivity contribution in [2.24, 2.45) is 0 Å². The lowest BCUT2D eigenvalue weighted by Crippen LogP contribution is -2.27. The van der Waals surface area contributed by atoms with E-state index in [0.29, 0.717) is 17.1 Å². The Morgan fingerprint density at radius 1 is 0.864 bits per heavy atom. The normalized spacial score (nSPS) is 10.0. The maximum Gasteiger partial charge on any atom is 0.265 e. The van der Waals surface area contributed by atoms with E-state index in [1.165, 1.54) is 14.2 Å². The second kappa shape index (κ2) is 6.85. The predicted octanol–water partition coefficient (Wildman–Crippen LogP) is 2.99. The Morgan fingerprint density at radius 3 is 1.86 bits per heavy atom. The van der Waals surface area contributed by atoms with Gasteiger partial charge in [-0.3, -0.25) is 4.79 Å². The SMILES string of the molecule is COc1ccc(N(C)C(=O)c2c(OC)cccc2OC)cc1. The maximum absolute atomic E-state index is 12.8. The molecule has 0 atom stereocenters. The first-order valence-corrected chi connectivity index (χ1v) is 6.75. The van der Waals surface area contributed by atoms with Gasteiger partial charge >= 0.3 is 0 Å². The van der Waals surface area contributed by atoms with Gasteiger partial charge in [-0.2, -0.15) is 0 Å². The Labute approximate surface area is 130 Å². The summed E-state index contributed by atoms with van der Waals surface area (Å²) in [6.45, 7) is 0. The van der Waals surface area contributed by atoms with Gasteiger partial charge in [0.05, 0.1) is 21.3 Å². The summed E-state index contributed by atoms with van der Waals surface area (Å²) in [5.41, 5.74) is 1.14. The third-order valence-corrected chi connectivity index (χ3v) is 3.41. The minimum absolute atomic E-state index is 0.209. The van der Waals surface area contributed by atoms with Crippen molar-refractivity contribution >= 4 is 11.6 Å². The standard InChI is InChI=1S/C17H19NO4/c1-18(12-8-10-13(20-2)11-9-12)17(19)16-14(21-3)6-5-7-15(16)22-4/h5-11H,1-4H3. The molecule has 0 bridgehead atoms. The van der Waals surface area contributed by atoms with Crippen LogP contribution in [0.2, 0.25) is 0 Å². The van der Waals surface area contributed by atoms with E-state index in [1.807, 2.05) is 12.1 Å². The Kier molecular flexibility index (Phi) is 4.88. The summed E-state index contributed by atoms with van der Waals surface area (Å²) in [5, 5.41) is 0. The summed E-state index contributed by atoms with van der Waals surface area (Å²) in [7, 11) is 6.36. The number of benzene rings is 2. The minimum Gasteiger partial charge on any atom is -0.497 e. The van der Waals surface area contributed by atoms with Crippen molar-refractivity contribution in [1.29, 1.82) is 0 Å². The molecule has 0 aliphatic rings. The van der Waals surface area contributed by atoms with Crippen molar-refractivity contribution in [2.75, 3.05) is 33.3 Å². The number of nitrogens with zero attached hydrogens (tertiary/aromatic N) is 1. The number of ether oxygens (including phenoxy) is 3. The van der Waals surface area contributed by atoms with Gasteiger partial charge in [0, 0.05) is 12.7 Å². The summed E-state index contributed by atoms with van der Waals surface area (Å²) in [4.78, 5) is 14.3. The fraction of sp³-hybridized carbons (Fsp3) is 0.235. The van der Waals surface area contributed by atoms with Crippen LogP contribution in [0.15, 0.2) is 42.5 Å². The van der Waals surface area contributed by atoms with Crippen molar-refractivity contribution in [3.05, 3.63) is 48.0 Å². The van der Waals surface area contributed by atoms with Gasteiger partial charge in [0.1, 0.15) is 22.8 Å². The van der Waals surface area contributed by atoms with Crippen LogP contribution in [-0.4, -0.2) is 34.3 Å². The Morgan fingerprint density at radius 2 is 1.41 bits per heavy atom. The maximum atomic E-state index is 12.8. The number of rotatable bonds is 5. The van der Waals surface area contributed by atoms with Gasteiger partial charge in [-0.05, 0) is 36.4 Å². The molecule has 22 heavy (non-hydrogen) atoms. The van der Waals surface area contributed by atoms with Crippen LogP contribution in [0.4, 0.5) is 5.69 Å². The van der Waals surface area contributed by atoms with Crippen LogP contribution in [0.25, 0.3) is 0 Å². The molecule has 116 valence electrons. The summed E-state index contributed by atoms with van der Waals surface area (Å²) in [6, 6.07) is 12.5. The highest BCUT2D eigenvalue weighted by atomic mass is 16.5. The lowest BCUT2D eigenvalue weighted by Gasteiger charge is -2.20. The molecule has 0 aromatic heterocycles. The molecule has 0 saturated heterocycles. The molecule has 0 fully saturated rings. The molecule has 0 unspecified atom stereocenters. The van der Waals surface area contributed by atoms with Crippen LogP contribution in [0.3, 0.4) is 0 Å². The van der Waals surface area contributed by atoms with E-state index in [1.54, 1.807) is 49.4 Å². The van der Waals surface area contributed by atoms with Crippen molar-refractivity contribution in [1.82, 2.24) is 0 Å². The average molecular weight is 301 g/mol. The smallest absolute Gasteiger partial charge is 0.265 e. The monoisotopic (exact) mass is 301 g/mol. The molecule has 0 saturated carbocycles. The zero-order valence-electron chi connectivity index (χ0n) is 13.1. The van der Waals surface area contributed by atoms with E-state index < -0.39 is 0 Å². The Bertz CT molecular complexity index is 630. The fourth-order valence-electron chi connectivity index (χ4n) is 2.15. The first-order valence-electron chi connectivity index (χ1n) is 6.75. The number of hydrogen-bond acceptors (Lipinski definition) is 4. The first kappa shape index (κ1) is 15.7. The highest BCUT2D eigenvalue weighted by molar-refractivity contribution is 6.09. The molecule has 0 radical (unpaired) electrons.